The molecule has 0 spiro atoms. The number of anilines is 1. The van der Waals surface area contributed by atoms with Gasteiger partial charge in [0.25, 0.3) is 0 Å². The van der Waals surface area contributed by atoms with Crippen LogP contribution < -0.4 is 10.6 Å². The summed E-state index contributed by atoms with van der Waals surface area (Å²) in [6, 6.07) is 5.37. The fourth-order valence-electron chi connectivity index (χ4n) is 2.15. The van der Waals surface area contributed by atoms with Gasteiger partial charge in [-0.25, -0.2) is 4.79 Å². The average Bonchev–Trinajstić information content (AvgIpc) is 2.24. The summed E-state index contributed by atoms with van der Waals surface area (Å²) in [7, 11) is 0. The Hall–Kier alpha value is -1.26. The van der Waals surface area contributed by atoms with Gasteiger partial charge in [0, 0.05) is 17.6 Å². The minimum absolute atomic E-state index is 0.0986. The second-order valence-corrected chi connectivity index (χ2v) is 6.26. The third-order valence-corrected chi connectivity index (χ3v) is 3.08. The van der Waals surface area contributed by atoms with E-state index in [9.17, 15) is 4.79 Å². The van der Waals surface area contributed by atoms with E-state index in [2.05, 4.69) is 0 Å². The van der Waals surface area contributed by atoms with Gasteiger partial charge in [-0.1, -0.05) is 11.6 Å². The normalized spacial score (nSPS) is 19.0. The number of nitrogens with zero attached hydrogens (tertiary/aromatic N) is 1. The molecule has 4 nitrogen and oxygen atoms in total. The minimum atomic E-state index is -0.523. The quantitative estimate of drug-likeness (QED) is 0.796. The topological polar surface area (TPSA) is 55.6 Å². The van der Waals surface area contributed by atoms with Gasteiger partial charge in [0.15, 0.2) is 0 Å². The van der Waals surface area contributed by atoms with Gasteiger partial charge in [-0.3, -0.25) is 4.90 Å². The first-order valence-electron chi connectivity index (χ1n) is 6.31. The summed E-state index contributed by atoms with van der Waals surface area (Å²) in [5.74, 6) is 0. The molecule has 0 fully saturated rings. The lowest BCUT2D eigenvalue weighted by Gasteiger charge is -2.34. The van der Waals surface area contributed by atoms with Crippen LogP contribution in [0.3, 0.4) is 0 Å². The Morgan fingerprint density at radius 2 is 2.16 bits per heavy atom. The number of amides is 1. The van der Waals surface area contributed by atoms with E-state index in [1.54, 1.807) is 11.0 Å². The highest BCUT2D eigenvalue weighted by Gasteiger charge is 2.30. The molecule has 5 heteroatoms. The van der Waals surface area contributed by atoms with E-state index in [0.29, 0.717) is 11.6 Å². The summed E-state index contributed by atoms with van der Waals surface area (Å²) >= 11 is 5.98. The molecule has 0 aromatic heterocycles. The van der Waals surface area contributed by atoms with Crippen molar-refractivity contribution in [3.8, 4) is 0 Å². The van der Waals surface area contributed by atoms with E-state index in [0.717, 1.165) is 17.7 Å². The molecule has 1 heterocycles. The van der Waals surface area contributed by atoms with Crippen molar-refractivity contribution >= 4 is 23.4 Å². The van der Waals surface area contributed by atoms with Crippen LogP contribution in [0.2, 0.25) is 5.02 Å². The Balaban J connectivity index is 2.30. The van der Waals surface area contributed by atoms with Crippen molar-refractivity contribution in [3.05, 3.63) is 28.8 Å². The first kappa shape index (κ1) is 14.2. The molecule has 104 valence electrons. The molecule has 1 aromatic carbocycles. The van der Waals surface area contributed by atoms with Crippen LogP contribution in [-0.4, -0.2) is 24.3 Å². The first-order valence-corrected chi connectivity index (χ1v) is 6.68. The van der Waals surface area contributed by atoms with Crippen molar-refractivity contribution in [2.24, 2.45) is 5.73 Å². The summed E-state index contributed by atoms with van der Waals surface area (Å²) in [5.41, 5.74) is 7.29. The highest BCUT2D eigenvalue weighted by molar-refractivity contribution is 6.30. The van der Waals surface area contributed by atoms with E-state index in [1.807, 2.05) is 32.9 Å². The lowest BCUT2D eigenvalue weighted by molar-refractivity contribution is 0.0575. The molecule has 1 aliphatic heterocycles. The molecule has 19 heavy (non-hydrogen) atoms. The zero-order chi connectivity index (χ0) is 14.2. The second-order valence-electron chi connectivity index (χ2n) is 5.83. The summed E-state index contributed by atoms with van der Waals surface area (Å²) in [6.07, 6.45) is 0.348. The lowest BCUT2D eigenvalue weighted by atomic mass is 9.99. The Kier molecular flexibility index (Phi) is 3.74. The molecule has 1 amide bonds. The van der Waals surface area contributed by atoms with Crippen molar-refractivity contribution in [1.29, 1.82) is 0 Å². The smallest absolute Gasteiger partial charge is 0.414 e. The molecule has 0 aliphatic carbocycles. The van der Waals surface area contributed by atoms with Crippen LogP contribution in [0.4, 0.5) is 10.5 Å². The molecule has 0 saturated heterocycles. The molecule has 1 atom stereocenters. The van der Waals surface area contributed by atoms with Crippen LogP contribution in [0.15, 0.2) is 18.2 Å². The summed E-state index contributed by atoms with van der Waals surface area (Å²) in [6.45, 7) is 6.00. The molecule has 2 rings (SSSR count). The van der Waals surface area contributed by atoms with Crippen LogP contribution in [0.1, 0.15) is 26.3 Å². The highest BCUT2D eigenvalue weighted by Crippen LogP contribution is 2.30. The number of carbonyl (C=O) groups is 1. The highest BCUT2D eigenvalue weighted by atomic mass is 35.5. The summed E-state index contributed by atoms with van der Waals surface area (Å²) in [5, 5.41) is 0.650. The minimum Gasteiger partial charge on any atom is -0.443 e. The Bertz CT molecular complexity index is 497. The van der Waals surface area contributed by atoms with Gasteiger partial charge in [-0.2, -0.15) is 0 Å². The Labute approximate surface area is 118 Å². The van der Waals surface area contributed by atoms with Crippen LogP contribution >= 0.6 is 11.6 Å². The molecule has 1 aromatic rings. The van der Waals surface area contributed by atoms with Gasteiger partial charge < -0.3 is 10.5 Å². The number of carbonyl (C=O) groups excluding carboxylic acids is 1. The van der Waals surface area contributed by atoms with Crippen molar-refractivity contribution in [2.75, 3.05) is 11.4 Å². The van der Waals surface area contributed by atoms with Gasteiger partial charge >= 0.3 is 6.09 Å². The van der Waals surface area contributed by atoms with Crippen LogP contribution in [-0.2, 0) is 11.2 Å². The van der Waals surface area contributed by atoms with E-state index in [1.165, 1.54) is 0 Å². The number of benzene rings is 1. The van der Waals surface area contributed by atoms with E-state index in [4.69, 9.17) is 22.1 Å². The average molecular weight is 283 g/mol. The summed E-state index contributed by atoms with van der Waals surface area (Å²) in [4.78, 5) is 13.8. The second kappa shape index (κ2) is 5.02. The van der Waals surface area contributed by atoms with E-state index in [-0.39, 0.29) is 12.1 Å². The number of nitrogens with two attached hydrogens (primary N) is 1. The number of halogens is 1. The molecule has 0 bridgehead atoms. The third kappa shape index (κ3) is 3.39. The fraction of sp³-hybridized carbons (Fsp3) is 0.500. The van der Waals surface area contributed by atoms with E-state index >= 15 is 0 Å². The monoisotopic (exact) mass is 282 g/mol. The van der Waals surface area contributed by atoms with Crippen molar-refractivity contribution in [3.63, 3.8) is 0 Å². The van der Waals surface area contributed by atoms with Crippen LogP contribution in [0.5, 0.6) is 0 Å². The molecule has 1 aliphatic rings. The molecule has 2 N–H and O–H groups in total. The van der Waals surface area contributed by atoms with Crippen molar-refractivity contribution in [1.82, 2.24) is 0 Å². The van der Waals surface area contributed by atoms with Gasteiger partial charge in [0.2, 0.25) is 0 Å². The zero-order valence-electron chi connectivity index (χ0n) is 11.4. The lowest BCUT2D eigenvalue weighted by Crippen LogP contribution is -2.48. The van der Waals surface area contributed by atoms with Gasteiger partial charge in [-0.15, -0.1) is 0 Å². The maximum absolute atomic E-state index is 12.2. The summed E-state index contributed by atoms with van der Waals surface area (Å²) < 4.78 is 5.41. The standard InChI is InChI=1S/C14H19ClN2O2/c1-14(2,3)19-13(18)17-8-11(16)7-9-6-10(15)4-5-12(9)17/h4-6,11H,7-8,16H2,1-3H3. The van der Waals surface area contributed by atoms with Crippen LogP contribution in [0, 0.1) is 0 Å². The Morgan fingerprint density at radius 1 is 1.47 bits per heavy atom. The van der Waals surface area contributed by atoms with Gasteiger partial charge in [-0.05, 0) is 51.0 Å². The number of hydrogen-bond donors (Lipinski definition) is 1. The van der Waals surface area contributed by atoms with Crippen LogP contribution in [0.25, 0.3) is 0 Å². The maximum Gasteiger partial charge on any atom is 0.414 e. The predicted octanol–water partition coefficient (Wildman–Crippen LogP) is 2.96. The largest absolute Gasteiger partial charge is 0.443 e. The van der Waals surface area contributed by atoms with Gasteiger partial charge in [0.1, 0.15) is 5.60 Å². The molecular weight excluding hydrogens is 264 g/mol. The van der Waals surface area contributed by atoms with Gasteiger partial charge in [0.05, 0.1) is 5.69 Å². The zero-order valence-corrected chi connectivity index (χ0v) is 12.2. The van der Waals surface area contributed by atoms with Crippen molar-refractivity contribution in [2.45, 2.75) is 38.8 Å². The molecule has 1 unspecified atom stereocenters. The third-order valence-electron chi connectivity index (χ3n) is 2.85. The SMILES string of the molecule is CC(C)(C)OC(=O)N1CC(N)Cc2cc(Cl)ccc21. The first-order chi connectivity index (χ1) is 8.76. The fourth-order valence-corrected chi connectivity index (χ4v) is 2.35. The number of ether oxygens (including phenoxy) is 1. The predicted molar refractivity (Wildman–Crippen MR) is 76.7 cm³/mol. The molecular formula is C14H19ClN2O2. The number of rotatable bonds is 0. The molecule has 0 saturated carbocycles. The number of hydrogen-bond acceptors (Lipinski definition) is 3. The van der Waals surface area contributed by atoms with E-state index < -0.39 is 5.60 Å². The molecule has 0 radical (unpaired) electrons. The maximum atomic E-state index is 12.2. The Morgan fingerprint density at radius 3 is 2.79 bits per heavy atom. The van der Waals surface area contributed by atoms with Crippen molar-refractivity contribution < 1.29 is 9.53 Å². The number of fused-ring (bicyclic) bond motifs is 1.